The molecule has 0 bridgehead atoms. The molecule has 3 rings (SSSR count). The molecule has 0 spiro atoms. The van der Waals surface area contributed by atoms with Crippen LogP contribution in [0.1, 0.15) is 5.89 Å². The second kappa shape index (κ2) is 5.05. The van der Waals surface area contributed by atoms with Gasteiger partial charge in [-0.15, -0.1) is 0 Å². The highest BCUT2D eigenvalue weighted by Crippen LogP contribution is 2.27. The van der Waals surface area contributed by atoms with Crippen LogP contribution in [-0.2, 0) is 10.1 Å². The molecule has 108 valence electrons. The van der Waals surface area contributed by atoms with E-state index in [4.69, 9.17) is 20.2 Å². The van der Waals surface area contributed by atoms with Gasteiger partial charge in [-0.2, -0.15) is 8.42 Å². The van der Waals surface area contributed by atoms with Gasteiger partial charge in [0.25, 0.3) is 0 Å². The molecule has 21 heavy (non-hydrogen) atoms. The summed E-state index contributed by atoms with van der Waals surface area (Å²) < 4.78 is 34.8. The first-order chi connectivity index (χ1) is 9.95. The molecule has 0 saturated carbocycles. The molecule has 0 N–H and O–H groups in total. The number of nitrogens with zero attached hydrogens (tertiary/aromatic N) is 1. The van der Waals surface area contributed by atoms with Crippen LogP contribution in [0, 0.1) is 6.92 Å². The van der Waals surface area contributed by atoms with Crippen LogP contribution < -0.4 is 4.18 Å². The summed E-state index contributed by atoms with van der Waals surface area (Å²) in [4.78, 5) is 4.05. The van der Waals surface area contributed by atoms with Crippen molar-refractivity contribution in [1.82, 2.24) is 4.98 Å². The fraction of sp³-hybridized carbons (Fsp3) is 0.0714. The summed E-state index contributed by atoms with van der Waals surface area (Å²) in [5.41, 5.74) is 1.09. The lowest BCUT2D eigenvalue weighted by molar-refractivity contribution is 0.485. The molecule has 7 heteroatoms. The normalized spacial score (nSPS) is 11.7. The number of rotatable bonds is 3. The van der Waals surface area contributed by atoms with Crippen molar-refractivity contribution >= 4 is 32.8 Å². The number of aryl methyl sites for hydroxylation is 1. The van der Waals surface area contributed by atoms with Gasteiger partial charge in [-0.3, -0.25) is 0 Å². The maximum Gasteiger partial charge on any atom is 0.340 e. The molecule has 2 aromatic carbocycles. The van der Waals surface area contributed by atoms with Gasteiger partial charge in [-0.05, 0) is 24.3 Å². The van der Waals surface area contributed by atoms with Gasteiger partial charge in [0, 0.05) is 13.0 Å². The Balaban J connectivity index is 1.99. The van der Waals surface area contributed by atoms with Crippen LogP contribution in [0.5, 0.6) is 5.75 Å². The molecule has 3 aromatic rings. The zero-order chi connectivity index (χ0) is 15.0. The molecular formula is C14H10ClNO4S. The fourth-order valence-electron chi connectivity index (χ4n) is 1.89. The predicted octanol–water partition coefficient (Wildman–Crippen LogP) is 3.56. The standard InChI is InChI=1S/C14H10ClNO4S/c1-9-16-12-7-6-10(8-13(12)19-9)20-21(17,18)14-5-3-2-4-11(14)15/h2-8H,1H3. The van der Waals surface area contributed by atoms with E-state index in [1.807, 2.05) is 0 Å². The van der Waals surface area contributed by atoms with Crippen LogP contribution in [0.15, 0.2) is 51.8 Å². The Morgan fingerprint density at radius 3 is 2.71 bits per heavy atom. The van der Waals surface area contributed by atoms with Gasteiger partial charge in [0.2, 0.25) is 0 Å². The van der Waals surface area contributed by atoms with Gasteiger partial charge in [-0.25, -0.2) is 4.98 Å². The molecule has 0 aliphatic heterocycles. The van der Waals surface area contributed by atoms with E-state index in [1.165, 1.54) is 24.3 Å². The average Bonchev–Trinajstić information content (AvgIpc) is 2.78. The zero-order valence-corrected chi connectivity index (χ0v) is 12.5. The van der Waals surface area contributed by atoms with E-state index in [9.17, 15) is 8.42 Å². The minimum absolute atomic E-state index is 0.0829. The highest BCUT2D eigenvalue weighted by Gasteiger charge is 2.20. The minimum Gasteiger partial charge on any atom is -0.441 e. The monoisotopic (exact) mass is 323 g/mol. The number of hydrogen-bond acceptors (Lipinski definition) is 5. The summed E-state index contributed by atoms with van der Waals surface area (Å²) in [5.74, 6) is 0.634. The minimum atomic E-state index is -4.00. The largest absolute Gasteiger partial charge is 0.441 e. The summed E-state index contributed by atoms with van der Waals surface area (Å²) in [7, 11) is -4.00. The van der Waals surface area contributed by atoms with Gasteiger partial charge in [-0.1, -0.05) is 23.7 Å². The smallest absolute Gasteiger partial charge is 0.340 e. The Labute approximate surface area is 126 Å². The van der Waals surface area contributed by atoms with Gasteiger partial charge in [0.05, 0.1) is 5.02 Å². The summed E-state index contributed by atoms with van der Waals surface area (Å²) in [6.07, 6.45) is 0. The summed E-state index contributed by atoms with van der Waals surface area (Å²) in [6, 6.07) is 10.7. The molecule has 0 unspecified atom stereocenters. The van der Waals surface area contributed by atoms with Crippen molar-refractivity contribution in [2.45, 2.75) is 11.8 Å². The first-order valence-electron chi connectivity index (χ1n) is 6.02. The number of hydrogen-bond donors (Lipinski definition) is 0. The third-order valence-electron chi connectivity index (χ3n) is 2.78. The van der Waals surface area contributed by atoms with E-state index >= 15 is 0 Å². The fourth-order valence-corrected chi connectivity index (χ4v) is 3.31. The van der Waals surface area contributed by atoms with Crippen LogP contribution in [0.2, 0.25) is 5.02 Å². The summed E-state index contributed by atoms with van der Waals surface area (Å²) >= 11 is 5.89. The molecule has 0 amide bonds. The third-order valence-corrected chi connectivity index (χ3v) is 4.53. The van der Waals surface area contributed by atoms with Gasteiger partial charge < -0.3 is 8.60 Å². The zero-order valence-electron chi connectivity index (χ0n) is 10.9. The van der Waals surface area contributed by atoms with Crippen LogP contribution in [0.3, 0.4) is 0 Å². The van der Waals surface area contributed by atoms with Crippen molar-refractivity contribution in [3.63, 3.8) is 0 Å². The lowest BCUT2D eigenvalue weighted by Gasteiger charge is -2.07. The third kappa shape index (κ3) is 2.72. The van der Waals surface area contributed by atoms with E-state index in [0.29, 0.717) is 17.0 Å². The molecule has 1 heterocycles. The van der Waals surface area contributed by atoms with Gasteiger partial charge in [0.1, 0.15) is 16.2 Å². The number of halogens is 1. The number of oxazole rings is 1. The summed E-state index contributed by atoms with van der Waals surface area (Å²) in [6.45, 7) is 1.71. The predicted molar refractivity (Wildman–Crippen MR) is 78.0 cm³/mol. The van der Waals surface area contributed by atoms with Crippen LogP contribution in [0.25, 0.3) is 11.1 Å². The molecule has 0 atom stereocenters. The van der Waals surface area contributed by atoms with Crippen molar-refractivity contribution in [1.29, 1.82) is 0 Å². The topological polar surface area (TPSA) is 69.4 Å². The quantitative estimate of drug-likeness (QED) is 0.689. The van der Waals surface area contributed by atoms with Crippen molar-refractivity contribution in [3.05, 3.63) is 53.4 Å². The van der Waals surface area contributed by atoms with E-state index in [0.717, 1.165) is 0 Å². The Morgan fingerprint density at radius 2 is 1.95 bits per heavy atom. The Kier molecular flexibility index (Phi) is 3.35. The second-order valence-corrected chi connectivity index (χ2v) is 6.25. The molecule has 1 aromatic heterocycles. The second-order valence-electron chi connectivity index (χ2n) is 4.33. The summed E-state index contributed by atoms with van der Waals surface area (Å²) in [5, 5.41) is 0.106. The Bertz CT molecular complexity index is 918. The van der Waals surface area contributed by atoms with Gasteiger partial charge in [0.15, 0.2) is 11.5 Å². The molecule has 0 fully saturated rings. The van der Waals surface area contributed by atoms with Crippen molar-refractivity contribution in [2.24, 2.45) is 0 Å². The molecule has 5 nitrogen and oxygen atoms in total. The number of aromatic nitrogens is 1. The molecule has 0 saturated heterocycles. The Morgan fingerprint density at radius 1 is 1.19 bits per heavy atom. The lowest BCUT2D eigenvalue weighted by Crippen LogP contribution is -2.10. The van der Waals surface area contributed by atoms with E-state index < -0.39 is 10.1 Å². The van der Waals surface area contributed by atoms with Gasteiger partial charge >= 0.3 is 10.1 Å². The van der Waals surface area contributed by atoms with Crippen molar-refractivity contribution in [2.75, 3.05) is 0 Å². The maximum absolute atomic E-state index is 12.2. The number of fused-ring (bicyclic) bond motifs is 1. The highest BCUT2D eigenvalue weighted by atomic mass is 35.5. The van der Waals surface area contributed by atoms with E-state index in [-0.39, 0.29) is 15.7 Å². The van der Waals surface area contributed by atoms with Crippen LogP contribution in [0.4, 0.5) is 0 Å². The first-order valence-corrected chi connectivity index (χ1v) is 7.80. The Hall–Kier alpha value is -2.05. The SMILES string of the molecule is Cc1nc2ccc(OS(=O)(=O)c3ccccc3Cl)cc2o1. The molecular weight excluding hydrogens is 314 g/mol. The lowest BCUT2D eigenvalue weighted by atomic mass is 10.3. The first kappa shape index (κ1) is 13.9. The molecule has 0 radical (unpaired) electrons. The number of benzene rings is 2. The highest BCUT2D eigenvalue weighted by molar-refractivity contribution is 7.87. The average molecular weight is 324 g/mol. The maximum atomic E-state index is 12.2. The van der Waals surface area contributed by atoms with E-state index in [1.54, 1.807) is 25.1 Å². The van der Waals surface area contributed by atoms with Crippen molar-refractivity contribution < 1.29 is 17.0 Å². The molecule has 0 aliphatic rings. The van der Waals surface area contributed by atoms with Crippen LogP contribution >= 0.6 is 11.6 Å². The van der Waals surface area contributed by atoms with Crippen molar-refractivity contribution in [3.8, 4) is 5.75 Å². The van der Waals surface area contributed by atoms with Crippen LogP contribution in [-0.4, -0.2) is 13.4 Å². The molecule has 0 aliphatic carbocycles. The van der Waals surface area contributed by atoms with E-state index in [2.05, 4.69) is 4.98 Å².